The van der Waals surface area contributed by atoms with Crippen molar-refractivity contribution in [3.63, 3.8) is 0 Å². The van der Waals surface area contributed by atoms with E-state index >= 15 is 0 Å². The highest BCUT2D eigenvalue weighted by molar-refractivity contribution is 6.05. The molecule has 2 rings (SSSR count). The molecule has 0 saturated carbocycles. The summed E-state index contributed by atoms with van der Waals surface area (Å²) >= 11 is 0. The maximum absolute atomic E-state index is 12.6. The molecular weight excluding hydrogens is 330 g/mol. The summed E-state index contributed by atoms with van der Waals surface area (Å²) in [6, 6.07) is 10.2. The van der Waals surface area contributed by atoms with E-state index in [0.29, 0.717) is 17.0 Å². The molecule has 6 heteroatoms. The van der Waals surface area contributed by atoms with Gasteiger partial charge in [-0.05, 0) is 58.9 Å². The van der Waals surface area contributed by atoms with Crippen LogP contribution in [-0.4, -0.2) is 28.4 Å². The number of anilines is 1. The van der Waals surface area contributed by atoms with Crippen molar-refractivity contribution in [3.05, 3.63) is 53.9 Å². The van der Waals surface area contributed by atoms with Gasteiger partial charge in [0.05, 0.1) is 11.8 Å². The summed E-state index contributed by atoms with van der Waals surface area (Å²) in [5.41, 5.74) is 0.728. The molecule has 2 amide bonds. The van der Waals surface area contributed by atoms with Gasteiger partial charge >= 0.3 is 0 Å². The first-order chi connectivity index (χ1) is 12.2. The van der Waals surface area contributed by atoms with Gasteiger partial charge in [0, 0.05) is 17.3 Å². The lowest BCUT2D eigenvalue weighted by Gasteiger charge is -2.20. The normalized spacial score (nSPS) is 11.2. The highest BCUT2D eigenvalue weighted by atomic mass is 16.5. The summed E-state index contributed by atoms with van der Waals surface area (Å²) in [7, 11) is 0. The van der Waals surface area contributed by atoms with Crippen LogP contribution >= 0.6 is 0 Å². The number of hydrogen-bond acceptors (Lipinski definition) is 4. The van der Waals surface area contributed by atoms with Crippen LogP contribution in [0.25, 0.3) is 0 Å². The lowest BCUT2D eigenvalue weighted by Crippen LogP contribution is -2.40. The van der Waals surface area contributed by atoms with Crippen LogP contribution in [0.1, 0.15) is 55.5 Å². The molecule has 0 saturated heterocycles. The van der Waals surface area contributed by atoms with Crippen molar-refractivity contribution in [1.82, 2.24) is 10.3 Å². The summed E-state index contributed by atoms with van der Waals surface area (Å²) in [5, 5.41) is 5.65. The predicted octanol–water partition coefficient (Wildman–Crippen LogP) is 3.65. The second-order valence-electron chi connectivity index (χ2n) is 7.25. The first-order valence-corrected chi connectivity index (χ1v) is 8.51. The Morgan fingerprint density at radius 1 is 1.08 bits per heavy atom. The van der Waals surface area contributed by atoms with Crippen molar-refractivity contribution >= 4 is 17.5 Å². The Morgan fingerprint density at radius 2 is 1.77 bits per heavy atom. The van der Waals surface area contributed by atoms with E-state index in [1.165, 1.54) is 12.3 Å². The molecule has 2 aromatic rings. The Labute approximate surface area is 154 Å². The zero-order valence-electron chi connectivity index (χ0n) is 15.8. The van der Waals surface area contributed by atoms with Gasteiger partial charge in [-0.1, -0.05) is 12.1 Å². The van der Waals surface area contributed by atoms with Gasteiger partial charge in [0.1, 0.15) is 11.4 Å². The molecule has 6 nitrogen and oxygen atoms in total. The molecule has 0 aliphatic carbocycles. The van der Waals surface area contributed by atoms with E-state index in [1.807, 2.05) is 46.8 Å². The van der Waals surface area contributed by atoms with E-state index in [9.17, 15) is 9.59 Å². The molecule has 0 aliphatic rings. The topological polar surface area (TPSA) is 80.3 Å². The standard InChI is InChI=1S/C20H25N3O3/c1-13(2)26-17-9-7-6-8-15(17)22-19(25)16-12-14(10-11-21-16)18(24)23-20(3,4)5/h6-13H,1-5H3,(H,22,25)(H,23,24). The summed E-state index contributed by atoms with van der Waals surface area (Å²) in [4.78, 5) is 28.9. The number of para-hydroxylation sites is 2. The monoisotopic (exact) mass is 355 g/mol. The average molecular weight is 355 g/mol. The zero-order chi connectivity index (χ0) is 19.3. The van der Waals surface area contributed by atoms with E-state index in [0.717, 1.165) is 0 Å². The Bertz CT molecular complexity index is 795. The fraction of sp³-hybridized carbons (Fsp3) is 0.350. The van der Waals surface area contributed by atoms with Crippen LogP contribution in [0.5, 0.6) is 5.75 Å². The predicted molar refractivity (Wildman–Crippen MR) is 102 cm³/mol. The minimum atomic E-state index is -0.407. The summed E-state index contributed by atoms with van der Waals surface area (Å²) < 4.78 is 5.70. The van der Waals surface area contributed by atoms with Crippen LogP contribution in [-0.2, 0) is 0 Å². The van der Waals surface area contributed by atoms with E-state index in [1.54, 1.807) is 18.2 Å². The van der Waals surface area contributed by atoms with Gasteiger partial charge in [0.2, 0.25) is 0 Å². The number of hydrogen-bond donors (Lipinski definition) is 2. The van der Waals surface area contributed by atoms with Crippen molar-refractivity contribution < 1.29 is 14.3 Å². The third-order valence-corrected chi connectivity index (χ3v) is 3.24. The second kappa shape index (κ2) is 7.99. The van der Waals surface area contributed by atoms with Gasteiger partial charge in [-0.25, -0.2) is 0 Å². The SMILES string of the molecule is CC(C)Oc1ccccc1NC(=O)c1cc(C(=O)NC(C)(C)C)ccn1. The number of nitrogens with one attached hydrogen (secondary N) is 2. The maximum Gasteiger partial charge on any atom is 0.274 e. The lowest BCUT2D eigenvalue weighted by atomic mass is 10.1. The van der Waals surface area contributed by atoms with Crippen LogP contribution < -0.4 is 15.4 Å². The third-order valence-electron chi connectivity index (χ3n) is 3.24. The van der Waals surface area contributed by atoms with Crippen molar-refractivity contribution in [2.45, 2.75) is 46.3 Å². The lowest BCUT2D eigenvalue weighted by molar-refractivity contribution is 0.0919. The Hall–Kier alpha value is -2.89. The number of ether oxygens (including phenoxy) is 1. The first kappa shape index (κ1) is 19.4. The van der Waals surface area contributed by atoms with Crippen molar-refractivity contribution in [2.75, 3.05) is 5.32 Å². The zero-order valence-corrected chi connectivity index (χ0v) is 15.8. The molecule has 26 heavy (non-hydrogen) atoms. The minimum Gasteiger partial charge on any atom is -0.489 e. The fourth-order valence-electron chi connectivity index (χ4n) is 2.22. The van der Waals surface area contributed by atoms with E-state index in [2.05, 4.69) is 15.6 Å². The number of benzene rings is 1. The Morgan fingerprint density at radius 3 is 2.42 bits per heavy atom. The van der Waals surface area contributed by atoms with Crippen LogP contribution in [0.4, 0.5) is 5.69 Å². The molecule has 0 fully saturated rings. The largest absolute Gasteiger partial charge is 0.489 e. The van der Waals surface area contributed by atoms with E-state index < -0.39 is 5.91 Å². The quantitative estimate of drug-likeness (QED) is 0.858. The summed E-state index contributed by atoms with van der Waals surface area (Å²) in [6.07, 6.45) is 1.43. The number of rotatable bonds is 5. The van der Waals surface area contributed by atoms with Gasteiger partial charge in [-0.3, -0.25) is 14.6 Å². The van der Waals surface area contributed by atoms with Gasteiger partial charge in [-0.2, -0.15) is 0 Å². The smallest absolute Gasteiger partial charge is 0.274 e. The molecule has 0 bridgehead atoms. The van der Waals surface area contributed by atoms with Crippen LogP contribution in [0.2, 0.25) is 0 Å². The number of aromatic nitrogens is 1. The number of amides is 2. The minimum absolute atomic E-state index is 0.0180. The van der Waals surface area contributed by atoms with Crippen LogP contribution in [0, 0.1) is 0 Å². The number of pyridine rings is 1. The molecule has 0 aliphatic heterocycles. The molecular formula is C20H25N3O3. The molecule has 1 aromatic heterocycles. The highest BCUT2D eigenvalue weighted by Gasteiger charge is 2.18. The van der Waals surface area contributed by atoms with Gasteiger partial charge in [-0.15, -0.1) is 0 Å². The van der Waals surface area contributed by atoms with Gasteiger partial charge in [0.15, 0.2) is 0 Å². The number of nitrogens with zero attached hydrogens (tertiary/aromatic N) is 1. The van der Waals surface area contributed by atoms with E-state index in [-0.39, 0.29) is 23.2 Å². The highest BCUT2D eigenvalue weighted by Crippen LogP contribution is 2.25. The Kier molecular flexibility index (Phi) is 5.97. The molecule has 1 aromatic carbocycles. The third kappa shape index (κ3) is 5.58. The summed E-state index contributed by atoms with van der Waals surface area (Å²) in [5.74, 6) is -0.0785. The molecule has 0 atom stereocenters. The molecule has 0 spiro atoms. The van der Waals surface area contributed by atoms with Crippen LogP contribution in [0.15, 0.2) is 42.6 Å². The number of carbonyl (C=O) groups excluding carboxylic acids is 2. The molecule has 0 unspecified atom stereocenters. The molecule has 1 heterocycles. The van der Waals surface area contributed by atoms with Crippen molar-refractivity contribution in [2.24, 2.45) is 0 Å². The summed E-state index contributed by atoms with van der Waals surface area (Å²) in [6.45, 7) is 9.51. The van der Waals surface area contributed by atoms with E-state index in [4.69, 9.17) is 4.74 Å². The average Bonchev–Trinajstić information content (AvgIpc) is 2.54. The fourth-order valence-corrected chi connectivity index (χ4v) is 2.22. The molecule has 0 radical (unpaired) electrons. The number of carbonyl (C=O) groups is 2. The second-order valence-corrected chi connectivity index (χ2v) is 7.25. The van der Waals surface area contributed by atoms with Gasteiger partial charge < -0.3 is 15.4 Å². The first-order valence-electron chi connectivity index (χ1n) is 8.51. The van der Waals surface area contributed by atoms with Gasteiger partial charge in [0.25, 0.3) is 11.8 Å². The Balaban J connectivity index is 2.19. The van der Waals surface area contributed by atoms with Crippen LogP contribution in [0.3, 0.4) is 0 Å². The molecule has 138 valence electrons. The maximum atomic E-state index is 12.6. The van der Waals surface area contributed by atoms with Crippen molar-refractivity contribution in [3.8, 4) is 5.75 Å². The molecule has 2 N–H and O–H groups in total. The van der Waals surface area contributed by atoms with Crippen molar-refractivity contribution in [1.29, 1.82) is 0 Å².